The van der Waals surface area contributed by atoms with Crippen molar-refractivity contribution < 1.29 is 22.3 Å². The third kappa shape index (κ3) is 6.59. The average molecular weight is 618 g/mol. The van der Waals surface area contributed by atoms with E-state index in [-0.39, 0.29) is 12.3 Å². The number of H-pyrrole nitrogens is 1. The number of rotatable bonds is 9. The number of esters is 1. The van der Waals surface area contributed by atoms with Crippen LogP contribution in [-0.4, -0.2) is 31.0 Å². The van der Waals surface area contributed by atoms with E-state index in [0.717, 1.165) is 65.7 Å². The van der Waals surface area contributed by atoms with Gasteiger partial charge < -0.3 is 9.72 Å². The van der Waals surface area contributed by atoms with Crippen LogP contribution in [0.4, 0.5) is 4.39 Å². The van der Waals surface area contributed by atoms with Crippen molar-refractivity contribution in [3.63, 3.8) is 0 Å². The summed E-state index contributed by atoms with van der Waals surface area (Å²) >= 11 is 1.37. The van der Waals surface area contributed by atoms with Gasteiger partial charge in [0.2, 0.25) is 10.0 Å². The highest BCUT2D eigenvalue weighted by Crippen LogP contribution is 2.42. The zero-order valence-electron chi connectivity index (χ0n) is 23.8. The van der Waals surface area contributed by atoms with Crippen molar-refractivity contribution in [1.29, 1.82) is 0 Å². The Morgan fingerprint density at radius 2 is 1.95 bits per heavy atom. The quantitative estimate of drug-likeness (QED) is 0.165. The van der Waals surface area contributed by atoms with Gasteiger partial charge in [-0.25, -0.2) is 27.7 Å². The van der Waals surface area contributed by atoms with Crippen LogP contribution in [0.1, 0.15) is 71.8 Å². The minimum Gasteiger partial charge on any atom is -0.461 e. The second-order valence-corrected chi connectivity index (χ2v) is 13.6. The third-order valence-electron chi connectivity index (χ3n) is 7.97. The topological polar surface area (TPSA) is 115 Å². The Morgan fingerprint density at radius 1 is 1.14 bits per heavy atom. The maximum atomic E-state index is 14.9. The van der Waals surface area contributed by atoms with Gasteiger partial charge in [-0.1, -0.05) is 36.5 Å². The fourth-order valence-corrected chi connectivity index (χ4v) is 6.71. The molecule has 6 rings (SSSR count). The molecule has 3 N–H and O–H groups in total. The minimum atomic E-state index is -4.18. The van der Waals surface area contributed by atoms with Gasteiger partial charge in [-0.05, 0) is 97.9 Å². The molecule has 2 aromatic heterocycles. The number of aromatic amines is 1. The van der Waals surface area contributed by atoms with Crippen molar-refractivity contribution in [3.05, 3.63) is 81.6 Å². The monoisotopic (exact) mass is 617 g/mol. The number of primary sulfonamides is 1. The van der Waals surface area contributed by atoms with Gasteiger partial charge in [-0.3, -0.25) is 0 Å². The lowest BCUT2D eigenvalue weighted by Gasteiger charge is -2.18. The van der Waals surface area contributed by atoms with Crippen molar-refractivity contribution in [1.82, 2.24) is 9.97 Å². The standard InChI is InChI=1S/C33H32FN3O4S2/c1-2-41-33(38)28-19-42-32(36-28)31-26(16-22-11-12-22)25(17-23-13-14-29(27(34)18-23)43(35,39)40)30(37-31)24-8-4-7-21(15-24)10-9-20-5-3-6-20/h4,7-8,13-15,18-20,22,37H,2-3,5-6,11-12,16-17H2,1H3,(H2,35,39,40). The zero-order chi connectivity index (χ0) is 30.1. The highest BCUT2D eigenvalue weighted by molar-refractivity contribution is 7.89. The Hall–Kier alpha value is -3.78. The van der Waals surface area contributed by atoms with E-state index in [9.17, 15) is 17.6 Å². The van der Waals surface area contributed by atoms with Crippen LogP contribution in [0.25, 0.3) is 22.0 Å². The van der Waals surface area contributed by atoms with Crippen molar-refractivity contribution in [3.8, 4) is 33.8 Å². The molecular weight excluding hydrogens is 586 g/mol. The summed E-state index contributed by atoms with van der Waals surface area (Å²) in [5.41, 5.74) is 6.43. The van der Waals surface area contributed by atoms with Crippen LogP contribution in [0.15, 0.2) is 52.7 Å². The number of carbonyl (C=O) groups is 1. The molecule has 7 nitrogen and oxygen atoms in total. The fraction of sp³-hybridized carbons (Fsp3) is 0.333. The molecule has 0 bridgehead atoms. The van der Waals surface area contributed by atoms with E-state index in [1.807, 2.05) is 18.2 Å². The molecule has 0 saturated heterocycles. The lowest BCUT2D eigenvalue weighted by atomic mass is 9.86. The third-order valence-corrected chi connectivity index (χ3v) is 9.77. The first-order valence-electron chi connectivity index (χ1n) is 14.5. The van der Waals surface area contributed by atoms with E-state index in [1.54, 1.807) is 18.4 Å². The van der Waals surface area contributed by atoms with Crippen molar-refractivity contribution in [2.45, 2.75) is 56.8 Å². The number of carbonyl (C=O) groups excluding carboxylic acids is 1. The lowest BCUT2D eigenvalue weighted by Crippen LogP contribution is -2.14. The second-order valence-electron chi connectivity index (χ2n) is 11.2. The number of nitrogens with two attached hydrogens (primary N) is 1. The summed E-state index contributed by atoms with van der Waals surface area (Å²) in [6, 6.07) is 12.1. The number of hydrogen-bond acceptors (Lipinski definition) is 6. The highest BCUT2D eigenvalue weighted by Gasteiger charge is 2.29. The van der Waals surface area contributed by atoms with Crippen LogP contribution in [-0.2, 0) is 27.6 Å². The predicted molar refractivity (Wildman–Crippen MR) is 165 cm³/mol. The molecule has 0 unspecified atom stereocenters. The number of aromatic nitrogens is 2. The van der Waals surface area contributed by atoms with Gasteiger partial charge in [0.15, 0.2) is 5.69 Å². The number of ether oxygens (including phenoxy) is 1. The van der Waals surface area contributed by atoms with Gasteiger partial charge in [0.25, 0.3) is 0 Å². The van der Waals surface area contributed by atoms with E-state index in [4.69, 9.17) is 9.88 Å². The van der Waals surface area contributed by atoms with Crippen LogP contribution in [0.3, 0.4) is 0 Å². The molecule has 222 valence electrons. The Morgan fingerprint density at radius 3 is 2.63 bits per heavy atom. The van der Waals surface area contributed by atoms with E-state index in [0.29, 0.717) is 28.8 Å². The predicted octanol–water partition coefficient (Wildman–Crippen LogP) is 6.46. The molecule has 0 aliphatic heterocycles. The van der Waals surface area contributed by atoms with E-state index in [1.165, 1.54) is 29.9 Å². The zero-order valence-corrected chi connectivity index (χ0v) is 25.4. The number of benzene rings is 2. The molecule has 0 amide bonds. The molecule has 43 heavy (non-hydrogen) atoms. The Labute approximate surface area is 254 Å². The summed E-state index contributed by atoms with van der Waals surface area (Å²) in [6.45, 7) is 2.02. The maximum absolute atomic E-state index is 14.9. The summed E-state index contributed by atoms with van der Waals surface area (Å²) in [5, 5.41) is 7.57. The summed E-state index contributed by atoms with van der Waals surface area (Å²) < 4.78 is 43.7. The van der Waals surface area contributed by atoms with Gasteiger partial charge in [0, 0.05) is 22.6 Å². The summed E-state index contributed by atoms with van der Waals surface area (Å²) in [6.07, 6.45) is 6.90. The highest BCUT2D eigenvalue weighted by atomic mass is 32.2. The SMILES string of the molecule is CCOC(=O)c1csc(-c2[nH]c(-c3cccc(C#CC4CCC4)c3)c(Cc3ccc(S(N)(=O)=O)c(F)c3)c2CC2CC2)n1. The number of thiazole rings is 1. The lowest BCUT2D eigenvalue weighted by molar-refractivity contribution is 0.0520. The molecule has 2 aromatic carbocycles. The average Bonchev–Trinajstić information content (AvgIpc) is 3.50. The molecule has 2 fully saturated rings. The van der Waals surface area contributed by atoms with Crippen LogP contribution in [0, 0.1) is 29.5 Å². The molecule has 10 heteroatoms. The number of hydrogen-bond donors (Lipinski definition) is 2. The molecule has 4 aromatic rings. The van der Waals surface area contributed by atoms with Gasteiger partial charge in [-0.2, -0.15) is 0 Å². The Balaban J connectivity index is 1.47. The fourth-order valence-electron chi connectivity index (χ4n) is 5.30. The van der Waals surface area contributed by atoms with Gasteiger partial charge >= 0.3 is 5.97 Å². The first kappa shape index (κ1) is 29.3. The first-order chi connectivity index (χ1) is 20.7. The summed E-state index contributed by atoms with van der Waals surface area (Å²) in [4.78, 5) is 20.1. The molecular formula is C33H32FN3O4S2. The molecule has 0 atom stereocenters. The maximum Gasteiger partial charge on any atom is 0.357 e. The molecule has 2 heterocycles. The van der Waals surface area contributed by atoms with E-state index in [2.05, 4.69) is 27.9 Å². The van der Waals surface area contributed by atoms with Gasteiger partial charge in [0.05, 0.1) is 12.3 Å². The smallest absolute Gasteiger partial charge is 0.357 e. The first-order valence-corrected chi connectivity index (χ1v) is 16.9. The largest absolute Gasteiger partial charge is 0.461 e. The molecule has 2 aliphatic rings. The molecule has 0 radical (unpaired) electrons. The normalized spacial score (nSPS) is 15.0. The molecule has 2 aliphatic carbocycles. The number of nitrogens with zero attached hydrogens (tertiary/aromatic N) is 1. The van der Waals surface area contributed by atoms with E-state index >= 15 is 0 Å². The van der Waals surface area contributed by atoms with Gasteiger partial charge in [0.1, 0.15) is 15.7 Å². The van der Waals surface area contributed by atoms with Crippen molar-refractivity contribution in [2.75, 3.05) is 6.61 Å². The summed E-state index contributed by atoms with van der Waals surface area (Å²) in [5.74, 6) is 6.34. The molecule has 2 saturated carbocycles. The van der Waals surface area contributed by atoms with Crippen LogP contribution in [0.5, 0.6) is 0 Å². The van der Waals surface area contributed by atoms with Crippen LogP contribution in [0.2, 0.25) is 0 Å². The summed E-state index contributed by atoms with van der Waals surface area (Å²) in [7, 11) is -4.18. The van der Waals surface area contributed by atoms with Crippen molar-refractivity contribution in [2.24, 2.45) is 17.0 Å². The minimum absolute atomic E-state index is 0.255. The Bertz CT molecular complexity index is 1860. The van der Waals surface area contributed by atoms with Crippen LogP contribution < -0.4 is 5.14 Å². The van der Waals surface area contributed by atoms with Crippen LogP contribution >= 0.6 is 11.3 Å². The molecule has 0 spiro atoms. The number of nitrogens with one attached hydrogen (secondary N) is 1. The number of halogens is 1. The number of sulfonamides is 1. The van der Waals surface area contributed by atoms with Gasteiger partial charge in [-0.15, -0.1) is 11.3 Å². The van der Waals surface area contributed by atoms with E-state index < -0.39 is 26.7 Å². The van der Waals surface area contributed by atoms with Crippen molar-refractivity contribution >= 4 is 27.3 Å². The second kappa shape index (κ2) is 12.1. The Kier molecular flexibility index (Phi) is 8.23.